The Labute approximate surface area is 173 Å². The molecule has 146 valence electrons. The summed E-state index contributed by atoms with van der Waals surface area (Å²) in [5, 5.41) is 14.2. The average Bonchev–Trinajstić information content (AvgIpc) is 3.24. The fourth-order valence-corrected chi connectivity index (χ4v) is 4.14. The average molecular weight is 430 g/mol. The Balaban J connectivity index is 1.72. The summed E-state index contributed by atoms with van der Waals surface area (Å²) in [6.07, 6.45) is 0. The first kappa shape index (κ1) is 19.1. The number of nitrogens with zero attached hydrogens (tertiary/aromatic N) is 2. The fraction of sp³-hybridized carbons (Fsp3) is 0.0500. The molecule has 29 heavy (non-hydrogen) atoms. The number of hydrogen-bond acceptors (Lipinski definition) is 4. The van der Waals surface area contributed by atoms with Gasteiger partial charge in [0.05, 0.1) is 10.6 Å². The maximum Gasteiger partial charge on any atom is 0.339 e. The van der Waals surface area contributed by atoms with E-state index >= 15 is 0 Å². The second kappa shape index (κ2) is 7.31. The Morgan fingerprint density at radius 2 is 1.93 bits per heavy atom. The number of anilines is 1. The van der Waals surface area contributed by atoms with Gasteiger partial charge in [-0.2, -0.15) is 4.39 Å². The summed E-state index contributed by atoms with van der Waals surface area (Å²) in [6.45, 7) is 1.69. The van der Waals surface area contributed by atoms with Crippen LogP contribution in [-0.2, 0) is 0 Å². The third-order valence-corrected chi connectivity index (χ3v) is 5.64. The Bertz CT molecular complexity index is 1260. The molecule has 0 atom stereocenters. The lowest BCUT2D eigenvalue weighted by molar-refractivity contribution is 0.0699. The summed E-state index contributed by atoms with van der Waals surface area (Å²) in [5.74, 6) is -2.84. The van der Waals surface area contributed by atoms with Gasteiger partial charge in [-0.05, 0) is 36.8 Å². The largest absolute Gasteiger partial charge is 0.478 e. The Kier molecular flexibility index (Phi) is 4.81. The minimum absolute atomic E-state index is 0.0747. The van der Waals surface area contributed by atoms with Crippen LogP contribution in [0.4, 0.5) is 10.1 Å². The van der Waals surface area contributed by atoms with Gasteiger partial charge >= 0.3 is 5.97 Å². The number of aromatic nitrogens is 2. The number of aromatic carboxylic acids is 1. The van der Waals surface area contributed by atoms with Gasteiger partial charge in [0, 0.05) is 16.1 Å². The summed E-state index contributed by atoms with van der Waals surface area (Å²) in [5.41, 5.74) is 1.11. The molecule has 0 aliphatic carbocycles. The fourth-order valence-electron chi connectivity index (χ4n) is 3.01. The third kappa shape index (κ3) is 3.37. The van der Waals surface area contributed by atoms with Gasteiger partial charge in [0.25, 0.3) is 5.91 Å². The topological polar surface area (TPSA) is 83.7 Å². The molecule has 1 amide bonds. The number of thiophene rings is 1. The molecule has 0 aliphatic heterocycles. The molecule has 4 aromatic rings. The normalized spacial score (nSPS) is 11.0. The van der Waals surface area contributed by atoms with E-state index in [1.807, 2.05) is 0 Å². The van der Waals surface area contributed by atoms with Crippen LogP contribution in [0.1, 0.15) is 26.5 Å². The molecule has 4 rings (SSSR count). The molecule has 3 heterocycles. The van der Waals surface area contributed by atoms with E-state index < -0.39 is 23.5 Å². The van der Waals surface area contributed by atoms with E-state index in [-0.39, 0.29) is 11.3 Å². The van der Waals surface area contributed by atoms with Crippen molar-refractivity contribution in [2.24, 2.45) is 0 Å². The lowest BCUT2D eigenvalue weighted by Crippen LogP contribution is -2.16. The highest BCUT2D eigenvalue weighted by atomic mass is 35.5. The van der Waals surface area contributed by atoms with E-state index in [1.54, 1.807) is 49.4 Å². The lowest BCUT2D eigenvalue weighted by Gasteiger charge is -2.05. The van der Waals surface area contributed by atoms with Gasteiger partial charge in [-0.1, -0.05) is 29.8 Å². The summed E-state index contributed by atoms with van der Waals surface area (Å²) < 4.78 is 15.9. The molecule has 3 aromatic heterocycles. The van der Waals surface area contributed by atoms with Crippen molar-refractivity contribution < 1.29 is 19.1 Å². The number of pyridine rings is 1. The van der Waals surface area contributed by atoms with Gasteiger partial charge in [0.2, 0.25) is 5.95 Å². The van der Waals surface area contributed by atoms with Crippen LogP contribution in [0.5, 0.6) is 0 Å². The van der Waals surface area contributed by atoms with Crippen molar-refractivity contribution in [3.63, 3.8) is 0 Å². The molecule has 0 bridgehead atoms. The van der Waals surface area contributed by atoms with Gasteiger partial charge in [-0.25, -0.2) is 9.78 Å². The highest BCUT2D eigenvalue weighted by molar-refractivity contribution is 7.14. The summed E-state index contributed by atoms with van der Waals surface area (Å²) in [4.78, 5) is 29.0. The zero-order valence-corrected chi connectivity index (χ0v) is 16.5. The van der Waals surface area contributed by atoms with E-state index in [4.69, 9.17) is 11.6 Å². The molecule has 0 unspecified atom stereocenters. The number of carboxylic acids is 1. The molecule has 0 radical (unpaired) electrons. The summed E-state index contributed by atoms with van der Waals surface area (Å²) in [7, 11) is 0. The number of imidazole rings is 1. The Morgan fingerprint density at radius 3 is 2.59 bits per heavy atom. The van der Waals surface area contributed by atoms with Crippen molar-refractivity contribution in [3.8, 4) is 10.4 Å². The Hall–Kier alpha value is -3.23. The van der Waals surface area contributed by atoms with E-state index in [0.717, 1.165) is 11.3 Å². The minimum Gasteiger partial charge on any atom is -0.478 e. The predicted molar refractivity (Wildman–Crippen MR) is 110 cm³/mol. The van der Waals surface area contributed by atoms with E-state index in [1.165, 1.54) is 9.78 Å². The molecule has 6 nitrogen and oxygen atoms in total. The van der Waals surface area contributed by atoms with Crippen LogP contribution in [0.15, 0.2) is 47.8 Å². The van der Waals surface area contributed by atoms with Crippen LogP contribution >= 0.6 is 22.9 Å². The maximum atomic E-state index is 14.7. The van der Waals surface area contributed by atoms with E-state index in [2.05, 4.69) is 10.3 Å². The van der Waals surface area contributed by atoms with Crippen molar-refractivity contribution >= 4 is 46.1 Å². The van der Waals surface area contributed by atoms with Gasteiger partial charge in [0.1, 0.15) is 11.2 Å². The van der Waals surface area contributed by atoms with Gasteiger partial charge in [-0.3, -0.25) is 9.20 Å². The van der Waals surface area contributed by atoms with Gasteiger partial charge in [0.15, 0.2) is 5.69 Å². The number of hydrogen-bond donors (Lipinski definition) is 2. The predicted octanol–water partition coefficient (Wildman–Crippen LogP) is 5.11. The highest BCUT2D eigenvalue weighted by Crippen LogP contribution is 2.36. The number of rotatable bonds is 4. The molecule has 0 fully saturated rings. The lowest BCUT2D eigenvalue weighted by atomic mass is 10.1. The van der Waals surface area contributed by atoms with Crippen LogP contribution in [-0.4, -0.2) is 26.4 Å². The maximum absolute atomic E-state index is 14.7. The highest BCUT2D eigenvalue weighted by Gasteiger charge is 2.25. The minimum atomic E-state index is -1.21. The third-order valence-electron chi connectivity index (χ3n) is 4.36. The number of halogens is 2. The number of carbonyl (C=O) groups is 2. The molecule has 2 N–H and O–H groups in total. The standard InChI is InChI=1S/C20H13ClFN3O3S/c1-10-3-2-4-14-24-16(18(22)25(10)14)19(26)23-13-9-29-17(15(13)20(27)28)11-5-7-12(21)8-6-11/h2-9H,1H3,(H,23,26)(H,27,28). The van der Waals surface area contributed by atoms with Crippen molar-refractivity contribution in [1.29, 1.82) is 0 Å². The number of carboxylic acid groups (broad SMARTS) is 1. The number of fused-ring (bicyclic) bond motifs is 1. The first-order valence-electron chi connectivity index (χ1n) is 8.42. The van der Waals surface area contributed by atoms with E-state index in [0.29, 0.717) is 26.8 Å². The quantitative estimate of drug-likeness (QED) is 0.472. The smallest absolute Gasteiger partial charge is 0.339 e. The van der Waals surface area contributed by atoms with Crippen LogP contribution in [0.25, 0.3) is 16.1 Å². The molecule has 9 heteroatoms. The molecule has 0 saturated carbocycles. The molecular formula is C20H13ClFN3O3S. The second-order valence-corrected chi connectivity index (χ2v) is 7.55. The first-order valence-corrected chi connectivity index (χ1v) is 9.68. The molecule has 0 aliphatic rings. The van der Waals surface area contributed by atoms with Gasteiger partial charge < -0.3 is 10.4 Å². The van der Waals surface area contributed by atoms with Crippen molar-refractivity contribution in [1.82, 2.24) is 9.38 Å². The SMILES string of the molecule is Cc1cccc2nc(C(=O)Nc3csc(-c4ccc(Cl)cc4)c3C(=O)O)c(F)n12. The Morgan fingerprint density at radius 1 is 1.21 bits per heavy atom. The number of carbonyl (C=O) groups excluding carboxylic acids is 1. The summed E-state index contributed by atoms with van der Waals surface area (Å²) >= 11 is 7.04. The monoisotopic (exact) mass is 429 g/mol. The van der Waals surface area contributed by atoms with Crippen molar-refractivity contribution in [2.45, 2.75) is 6.92 Å². The number of nitrogens with one attached hydrogen (secondary N) is 1. The van der Waals surface area contributed by atoms with Crippen LogP contribution in [0, 0.1) is 12.9 Å². The number of amides is 1. The van der Waals surface area contributed by atoms with Gasteiger partial charge in [-0.15, -0.1) is 11.3 Å². The summed E-state index contributed by atoms with van der Waals surface area (Å²) in [6, 6.07) is 11.7. The molecular weight excluding hydrogens is 417 g/mol. The second-order valence-electron chi connectivity index (χ2n) is 6.23. The van der Waals surface area contributed by atoms with Crippen molar-refractivity contribution in [2.75, 3.05) is 5.32 Å². The zero-order valence-electron chi connectivity index (χ0n) is 14.9. The number of aryl methyl sites for hydroxylation is 1. The van der Waals surface area contributed by atoms with E-state index in [9.17, 15) is 19.1 Å². The molecule has 0 spiro atoms. The van der Waals surface area contributed by atoms with Crippen LogP contribution < -0.4 is 5.32 Å². The number of benzene rings is 1. The molecule has 1 aromatic carbocycles. The molecule has 0 saturated heterocycles. The van der Waals surface area contributed by atoms with Crippen LogP contribution in [0.2, 0.25) is 5.02 Å². The zero-order chi connectivity index (χ0) is 20.7. The first-order chi connectivity index (χ1) is 13.9. The van der Waals surface area contributed by atoms with Crippen LogP contribution in [0.3, 0.4) is 0 Å². The van der Waals surface area contributed by atoms with Crippen molar-refractivity contribution in [3.05, 3.63) is 75.8 Å².